The highest BCUT2D eigenvalue weighted by Crippen LogP contribution is 2.08. The van der Waals surface area contributed by atoms with E-state index in [1.165, 1.54) is 5.57 Å². The van der Waals surface area contributed by atoms with E-state index >= 15 is 0 Å². The highest BCUT2D eigenvalue weighted by Gasteiger charge is 2.04. The van der Waals surface area contributed by atoms with Crippen LogP contribution in [0.15, 0.2) is 33.4 Å². The molecule has 0 saturated carbocycles. The van der Waals surface area contributed by atoms with Crippen LogP contribution in [0.5, 0.6) is 0 Å². The first-order chi connectivity index (χ1) is 5.75. The van der Waals surface area contributed by atoms with Gasteiger partial charge in [-0.2, -0.15) is 0 Å². The van der Waals surface area contributed by atoms with E-state index in [9.17, 15) is 0 Å². The Labute approximate surface area is 73.4 Å². The van der Waals surface area contributed by atoms with Gasteiger partial charge >= 0.3 is 0 Å². The van der Waals surface area contributed by atoms with Crippen molar-refractivity contribution in [3.63, 3.8) is 0 Å². The number of hydrogen-bond acceptors (Lipinski definition) is 2. The summed E-state index contributed by atoms with van der Waals surface area (Å²) in [5.74, 6) is 0. The summed E-state index contributed by atoms with van der Waals surface area (Å²) in [5, 5.41) is 0. The normalized spacial score (nSPS) is 18.9. The largest absolute Gasteiger partial charge is 0.285 e. The van der Waals surface area contributed by atoms with Crippen LogP contribution < -0.4 is 0 Å². The maximum atomic E-state index is 4.37. The van der Waals surface area contributed by atoms with Crippen molar-refractivity contribution in [1.29, 1.82) is 0 Å². The van der Waals surface area contributed by atoms with Gasteiger partial charge in [0.2, 0.25) is 0 Å². The summed E-state index contributed by atoms with van der Waals surface area (Å²) in [4.78, 5) is 8.44. The summed E-state index contributed by atoms with van der Waals surface area (Å²) >= 11 is 0. The van der Waals surface area contributed by atoms with Crippen LogP contribution in [-0.2, 0) is 0 Å². The summed E-state index contributed by atoms with van der Waals surface area (Å²) in [6, 6.07) is 0. The molecule has 0 aromatic carbocycles. The number of hydrogen-bond donors (Lipinski definition) is 0. The van der Waals surface area contributed by atoms with Crippen LogP contribution in [0, 0.1) is 0 Å². The van der Waals surface area contributed by atoms with Gasteiger partial charge in [0.25, 0.3) is 0 Å². The fourth-order valence-corrected chi connectivity index (χ4v) is 1.08. The topological polar surface area (TPSA) is 24.7 Å². The molecule has 1 rings (SSSR count). The van der Waals surface area contributed by atoms with Crippen LogP contribution in [0.2, 0.25) is 0 Å². The molecular formula is C10H14N2. The first-order valence-corrected chi connectivity index (χ1v) is 4.17. The molecule has 1 aliphatic rings. The second-order valence-electron chi connectivity index (χ2n) is 2.87. The van der Waals surface area contributed by atoms with Crippen LogP contribution in [0.3, 0.4) is 0 Å². The average molecular weight is 162 g/mol. The summed E-state index contributed by atoms with van der Waals surface area (Å²) in [6.07, 6.45) is 5.59. The molecule has 2 nitrogen and oxygen atoms in total. The lowest BCUT2D eigenvalue weighted by Gasteiger charge is -2.07. The predicted molar refractivity (Wildman–Crippen MR) is 54.0 cm³/mol. The zero-order chi connectivity index (χ0) is 8.97. The minimum absolute atomic E-state index is 0.824. The van der Waals surface area contributed by atoms with Crippen molar-refractivity contribution in [3.8, 4) is 0 Å². The zero-order valence-electron chi connectivity index (χ0n) is 7.83. The molecule has 0 atom stereocenters. The summed E-state index contributed by atoms with van der Waals surface area (Å²) in [5.41, 5.74) is 3.46. The van der Waals surface area contributed by atoms with Gasteiger partial charge in [0.15, 0.2) is 0 Å². The molecule has 0 bridgehead atoms. The van der Waals surface area contributed by atoms with Crippen molar-refractivity contribution >= 4 is 11.9 Å². The standard InChI is InChI=1S/C10H14N2/c1-4-12-10-5-6-11-7-9(10)8(2)3/h5-7H,4H2,1-3H3. The van der Waals surface area contributed by atoms with Crippen molar-refractivity contribution in [1.82, 2.24) is 0 Å². The molecule has 0 fully saturated rings. The molecule has 64 valence electrons. The molecule has 0 N–H and O–H groups in total. The molecule has 0 saturated heterocycles. The third-order valence-electron chi connectivity index (χ3n) is 1.67. The van der Waals surface area contributed by atoms with E-state index < -0.39 is 0 Å². The van der Waals surface area contributed by atoms with Gasteiger partial charge in [-0.15, -0.1) is 0 Å². The van der Waals surface area contributed by atoms with Crippen molar-refractivity contribution in [2.45, 2.75) is 20.8 Å². The van der Waals surface area contributed by atoms with Gasteiger partial charge in [0, 0.05) is 24.5 Å². The molecule has 0 aromatic rings. The van der Waals surface area contributed by atoms with Crippen LogP contribution in [-0.4, -0.2) is 18.5 Å². The molecule has 0 spiro atoms. The van der Waals surface area contributed by atoms with Gasteiger partial charge in [-0.1, -0.05) is 5.57 Å². The van der Waals surface area contributed by atoms with E-state index in [-0.39, 0.29) is 0 Å². The van der Waals surface area contributed by atoms with Gasteiger partial charge < -0.3 is 0 Å². The van der Waals surface area contributed by atoms with E-state index in [4.69, 9.17) is 0 Å². The quantitative estimate of drug-likeness (QED) is 0.565. The molecule has 2 heteroatoms. The number of aliphatic imine (C=N–C) groups is 2. The maximum absolute atomic E-state index is 4.37. The molecule has 0 aliphatic carbocycles. The van der Waals surface area contributed by atoms with E-state index in [1.807, 2.05) is 19.2 Å². The SMILES string of the molecule is CCN=C1C=CN=CC1=C(C)C. The predicted octanol–water partition coefficient (Wildman–Crippen LogP) is 2.38. The minimum atomic E-state index is 0.824. The number of nitrogens with zero attached hydrogens (tertiary/aromatic N) is 2. The highest BCUT2D eigenvalue weighted by molar-refractivity contribution is 6.23. The second-order valence-corrected chi connectivity index (χ2v) is 2.87. The number of rotatable bonds is 1. The fourth-order valence-electron chi connectivity index (χ4n) is 1.08. The lowest BCUT2D eigenvalue weighted by atomic mass is 10.1. The third kappa shape index (κ3) is 1.91. The van der Waals surface area contributed by atoms with E-state index in [0.29, 0.717) is 0 Å². The minimum Gasteiger partial charge on any atom is -0.285 e. The Morgan fingerprint density at radius 1 is 1.50 bits per heavy atom. The van der Waals surface area contributed by atoms with E-state index in [1.54, 1.807) is 6.20 Å². The Morgan fingerprint density at radius 2 is 2.25 bits per heavy atom. The van der Waals surface area contributed by atoms with E-state index in [2.05, 4.69) is 23.8 Å². The van der Waals surface area contributed by atoms with E-state index in [0.717, 1.165) is 17.8 Å². The first-order valence-electron chi connectivity index (χ1n) is 4.17. The third-order valence-corrected chi connectivity index (χ3v) is 1.67. The van der Waals surface area contributed by atoms with Gasteiger partial charge in [-0.3, -0.25) is 9.98 Å². The summed E-state index contributed by atoms with van der Waals surface area (Å²) in [7, 11) is 0. The average Bonchev–Trinajstić information content (AvgIpc) is 2.05. The van der Waals surface area contributed by atoms with Crippen LogP contribution >= 0.6 is 0 Å². The lowest BCUT2D eigenvalue weighted by molar-refractivity contribution is 1.13. The lowest BCUT2D eigenvalue weighted by Crippen LogP contribution is -2.06. The Hall–Kier alpha value is -1.18. The highest BCUT2D eigenvalue weighted by atomic mass is 14.8. The fraction of sp³-hybridized carbons (Fsp3) is 0.400. The summed E-state index contributed by atoms with van der Waals surface area (Å²) < 4.78 is 0. The smallest absolute Gasteiger partial charge is 0.0676 e. The van der Waals surface area contributed by atoms with Gasteiger partial charge in [-0.25, -0.2) is 0 Å². The molecule has 1 heterocycles. The van der Waals surface area contributed by atoms with Crippen molar-refractivity contribution in [3.05, 3.63) is 23.4 Å². The Kier molecular flexibility index (Phi) is 2.97. The molecular weight excluding hydrogens is 148 g/mol. The van der Waals surface area contributed by atoms with Crippen LogP contribution in [0.4, 0.5) is 0 Å². The molecule has 0 amide bonds. The van der Waals surface area contributed by atoms with Crippen molar-refractivity contribution < 1.29 is 0 Å². The monoisotopic (exact) mass is 162 g/mol. The Morgan fingerprint density at radius 3 is 2.83 bits per heavy atom. The maximum Gasteiger partial charge on any atom is 0.0676 e. The molecule has 1 aliphatic heterocycles. The zero-order valence-corrected chi connectivity index (χ0v) is 7.83. The second kappa shape index (κ2) is 4.00. The Bertz CT molecular complexity index is 276. The van der Waals surface area contributed by atoms with Crippen LogP contribution in [0.25, 0.3) is 0 Å². The molecule has 0 unspecified atom stereocenters. The molecule has 12 heavy (non-hydrogen) atoms. The van der Waals surface area contributed by atoms with Gasteiger partial charge in [0.05, 0.1) is 5.71 Å². The Balaban J connectivity index is 3.02. The van der Waals surface area contributed by atoms with Crippen molar-refractivity contribution in [2.24, 2.45) is 9.98 Å². The molecule has 0 aromatic heterocycles. The van der Waals surface area contributed by atoms with Crippen LogP contribution in [0.1, 0.15) is 20.8 Å². The first kappa shape index (κ1) is 8.91. The molecule has 0 radical (unpaired) electrons. The number of allylic oxidation sites excluding steroid dienone is 3. The van der Waals surface area contributed by atoms with Gasteiger partial charge in [0.1, 0.15) is 0 Å². The van der Waals surface area contributed by atoms with Crippen molar-refractivity contribution in [2.75, 3.05) is 6.54 Å². The summed E-state index contributed by atoms with van der Waals surface area (Å²) in [6.45, 7) is 7.01. The van der Waals surface area contributed by atoms with Gasteiger partial charge in [-0.05, 0) is 26.8 Å².